The van der Waals surface area contributed by atoms with Crippen LogP contribution in [0.2, 0.25) is 0 Å². The summed E-state index contributed by atoms with van der Waals surface area (Å²) in [5.74, 6) is -0.434. The lowest BCUT2D eigenvalue weighted by Gasteiger charge is -2.24. The maximum atomic E-state index is 11.9. The molecule has 0 unspecified atom stereocenters. The maximum Gasteiger partial charge on any atom is 0.347 e. The Labute approximate surface area is 132 Å². The van der Waals surface area contributed by atoms with Gasteiger partial charge in [-0.1, -0.05) is 42.8 Å². The summed E-state index contributed by atoms with van der Waals surface area (Å²) in [6.45, 7) is 0. The molecule has 0 aromatic heterocycles. The molecule has 2 aliphatic rings. The molecular weight excluding hydrogens is 306 g/mol. The van der Waals surface area contributed by atoms with Gasteiger partial charge in [0.25, 0.3) is 0 Å². The first kappa shape index (κ1) is 15.8. The van der Waals surface area contributed by atoms with Crippen LogP contribution in [0.4, 0.5) is 0 Å². The summed E-state index contributed by atoms with van der Waals surface area (Å²) in [4.78, 5) is 12.3. The standard InChI is InChI=1S/C14H15N3O2S2/c1-19-13(18)11-12(17-10-5-3-2-4-6-10)21-14(20-11)9(7-15)8-16/h10,17H,2-6H2,1H3. The molecule has 110 valence electrons. The number of methoxy groups -OCH3 is 1. The highest BCUT2D eigenvalue weighted by molar-refractivity contribution is 8.29. The number of carbonyl (C=O) groups is 1. The Morgan fingerprint density at radius 2 is 1.90 bits per heavy atom. The van der Waals surface area contributed by atoms with Crippen molar-refractivity contribution in [1.29, 1.82) is 10.5 Å². The van der Waals surface area contributed by atoms with Gasteiger partial charge in [-0.2, -0.15) is 10.5 Å². The quantitative estimate of drug-likeness (QED) is 0.631. The third-order valence-corrected chi connectivity index (χ3v) is 5.84. The van der Waals surface area contributed by atoms with Gasteiger partial charge in [-0.25, -0.2) is 4.79 Å². The molecule has 21 heavy (non-hydrogen) atoms. The Morgan fingerprint density at radius 1 is 1.24 bits per heavy atom. The third kappa shape index (κ3) is 3.75. The topological polar surface area (TPSA) is 85.9 Å². The van der Waals surface area contributed by atoms with Crippen LogP contribution in [-0.2, 0) is 9.53 Å². The van der Waals surface area contributed by atoms with Gasteiger partial charge >= 0.3 is 5.97 Å². The van der Waals surface area contributed by atoms with E-state index in [-0.39, 0.29) is 5.57 Å². The van der Waals surface area contributed by atoms with E-state index in [1.807, 2.05) is 12.1 Å². The van der Waals surface area contributed by atoms with Gasteiger partial charge in [0.1, 0.15) is 22.6 Å². The fourth-order valence-corrected chi connectivity index (χ4v) is 4.67. The summed E-state index contributed by atoms with van der Waals surface area (Å²) in [6.07, 6.45) is 5.76. The van der Waals surface area contributed by atoms with Crippen molar-refractivity contribution in [2.45, 2.75) is 38.1 Å². The number of nitrogens with zero attached hydrogens (tertiary/aromatic N) is 2. The molecule has 0 radical (unpaired) electrons. The molecule has 5 nitrogen and oxygen atoms in total. The summed E-state index contributed by atoms with van der Waals surface area (Å²) in [6, 6.07) is 4.07. The van der Waals surface area contributed by atoms with Gasteiger partial charge in [-0.15, -0.1) is 0 Å². The molecule has 0 amide bonds. The van der Waals surface area contributed by atoms with E-state index in [0.29, 0.717) is 20.2 Å². The van der Waals surface area contributed by atoms with Crippen LogP contribution >= 0.6 is 23.5 Å². The van der Waals surface area contributed by atoms with Crippen LogP contribution in [-0.4, -0.2) is 19.1 Å². The first-order valence-electron chi connectivity index (χ1n) is 6.69. The minimum Gasteiger partial charge on any atom is -0.465 e. The van der Waals surface area contributed by atoms with E-state index in [4.69, 9.17) is 15.3 Å². The highest BCUT2D eigenvalue weighted by Crippen LogP contribution is 2.50. The van der Waals surface area contributed by atoms with E-state index < -0.39 is 5.97 Å². The van der Waals surface area contributed by atoms with E-state index in [2.05, 4.69) is 5.32 Å². The molecule has 1 fully saturated rings. The molecule has 0 bridgehead atoms. The average molecular weight is 321 g/mol. The number of hydrogen-bond acceptors (Lipinski definition) is 7. The zero-order chi connectivity index (χ0) is 15.2. The van der Waals surface area contributed by atoms with Crippen molar-refractivity contribution >= 4 is 29.5 Å². The minimum atomic E-state index is -0.434. The Kier molecular flexibility index (Phi) is 5.60. The molecular formula is C14H15N3O2S2. The number of nitriles is 2. The Bertz CT molecular complexity index is 562. The molecule has 0 aromatic carbocycles. The predicted molar refractivity (Wildman–Crippen MR) is 82.5 cm³/mol. The summed E-state index contributed by atoms with van der Waals surface area (Å²) in [7, 11) is 1.33. The summed E-state index contributed by atoms with van der Waals surface area (Å²) in [5, 5.41) is 22.0. The number of carbonyl (C=O) groups excluding carboxylic acids is 1. The maximum absolute atomic E-state index is 11.9. The lowest BCUT2D eigenvalue weighted by atomic mass is 9.96. The van der Waals surface area contributed by atoms with Gasteiger partial charge in [0.05, 0.1) is 16.4 Å². The molecule has 0 aromatic rings. The Balaban J connectivity index is 2.21. The van der Waals surface area contributed by atoms with Crippen molar-refractivity contribution < 1.29 is 9.53 Å². The van der Waals surface area contributed by atoms with Gasteiger partial charge in [-0.3, -0.25) is 0 Å². The second-order valence-corrected chi connectivity index (χ2v) is 7.02. The third-order valence-electron chi connectivity index (χ3n) is 3.33. The fourth-order valence-electron chi connectivity index (χ4n) is 2.27. The first-order valence-corrected chi connectivity index (χ1v) is 8.32. The van der Waals surface area contributed by atoms with E-state index in [1.54, 1.807) is 0 Å². The van der Waals surface area contributed by atoms with Crippen molar-refractivity contribution in [2.75, 3.05) is 7.11 Å². The van der Waals surface area contributed by atoms with Crippen molar-refractivity contribution in [3.63, 3.8) is 0 Å². The molecule has 7 heteroatoms. The van der Waals surface area contributed by atoms with Crippen molar-refractivity contribution in [3.8, 4) is 12.1 Å². The van der Waals surface area contributed by atoms with Crippen LogP contribution < -0.4 is 5.32 Å². The SMILES string of the molecule is COC(=O)C1=C(NC2CCCCC2)SC(=C(C#N)C#N)S1. The number of rotatable bonds is 3. The van der Waals surface area contributed by atoms with Gasteiger partial charge in [-0.05, 0) is 12.8 Å². The van der Waals surface area contributed by atoms with Crippen LogP contribution in [0.3, 0.4) is 0 Å². The molecule has 1 aliphatic heterocycles. The van der Waals surface area contributed by atoms with E-state index in [9.17, 15) is 4.79 Å². The molecule has 1 saturated carbocycles. The number of thioether (sulfide) groups is 2. The first-order chi connectivity index (χ1) is 10.2. The summed E-state index contributed by atoms with van der Waals surface area (Å²) >= 11 is 2.42. The molecule has 1 aliphatic carbocycles. The fraction of sp³-hybridized carbons (Fsp3) is 0.500. The average Bonchev–Trinajstić information content (AvgIpc) is 2.92. The van der Waals surface area contributed by atoms with Crippen LogP contribution in [0.15, 0.2) is 19.7 Å². The van der Waals surface area contributed by atoms with Gasteiger partial charge < -0.3 is 10.1 Å². The normalized spacial score (nSPS) is 18.9. The zero-order valence-electron chi connectivity index (χ0n) is 11.6. The van der Waals surface area contributed by atoms with Gasteiger partial charge in [0.2, 0.25) is 0 Å². The van der Waals surface area contributed by atoms with Crippen molar-refractivity contribution in [1.82, 2.24) is 5.32 Å². The lowest BCUT2D eigenvalue weighted by Crippen LogP contribution is -2.30. The molecule has 0 spiro atoms. The van der Waals surface area contributed by atoms with Crippen LogP contribution in [0.5, 0.6) is 0 Å². The molecule has 2 rings (SSSR count). The van der Waals surface area contributed by atoms with Gasteiger partial charge in [0, 0.05) is 6.04 Å². The molecule has 1 heterocycles. The molecule has 0 saturated heterocycles. The summed E-state index contributed by atoms with van der Waals surface area (Å²) in [5.41, 5.74) is 0.0341. The minimum absolute atomic E-state index is 0.0341. The number of nitrogens with one attached hydrogen (secondary N) is 1. The van der Waals surface area contributed by atoms with Crippen LogP contribution in [0.1, 0.15) is 32.1 Å². The lowest BCUT2D eigenvalue weighted by molar-refractivity contribution is -0.135. The number of hydrogen-bond donors (Lipinski definition) is 1. The number of esters is 1. The summed E-state index contributed by atoms with van der Waals surface area (Å²) < 4.78 is 5.33. The van der Waals surface area contributed by atoms with Gasteiger partial charge in [0.15, 0.2) is 0 Å². The predicted octanol–water partition coefficient (Wildman–Crippen LogP) is 2.99. The largest absolute Gasteiger partial charge is 0.465 e. The molecule has 1 N–H and O–H groups in total. The zero-order valence-corrected chi connectivity index (χ0v) is 13.3. The number of allylic oxidation sites excluding steroid dienone is 1. The van der Waals surface area contributed by atoms with E-state index in [1.165, 1.54) is 38.1 Å². The van der Waals surface area contributed by atoms with E-state index >= 15 is 0 Å². The van der Waals surface area contributed by atoms with Crippen LogP contribution in [0, 0.1) is 22.7 Å². The van der Waals surface area contributed by atoms with Crippen LogP contribution in [0.25, 0.3) is 0 Å². The van der Waals surface area contributed by atoms with Crippen molar-refractivity contribution in [3.05, 3.63) is 19.7 Å². The highest BCUT2D eigenvalue weighted by Gasteiger charge is 2.31. The Hall–Kier alpha value is -1.57. The second kappa shape index (κ2) is 7.44. The molecule has 0 atom stereocenters. The van der Waals surface area contributed by atoms with Crippen molar-refractivity contribution in [2.24, 2.45) is 0 Å². The highest BCUT2D eigenvalue weighted by atomic mass is 32.2. The van der Waals surface area contributed by atoms with E-state index in [0.717, 1.165) is 24.6 Å². The monoisotopic (exact) mass is 321 g/mol. The number of ether oxygens (including phenoxy) is 1. The smallest absolute Gasteiger partial charge is 0.347 e. The second-order valence-electron chi connectivity index (χ2n) is 4.72. The Morgan fingerprint density at radius 3 is 2.48 bits per heavy atom.